The van der Waals surface area contributed by atoms with Crippen LogP contribution in [0.3, 0.4) is 0 Å². The largest absolute Gasteiger partial charge is 0.494 e. The van der Waals surface area contributed by atoms with Gasteiger partial charge in [0.05, 0.1) is 17.2 Å². The highest BCUT2D eigenvalue weighted by Crippen LogP contribution is 2.36. The van der Waals surface area contributed by atoms with Gasteiger partial charge in [-0.3, -0.25) is 14.5 Å². The molecule has 1 heterocycles. The normalized spacial score (nSPS) is 14.3. The lowest BCUT2D eigenvalue weighted by molar-refractivity contribution is -0.118. The third-order valence-electron chi connectivity index (χ3n) is 4.85. The number of carbonyl (C=O) groups excluding carboxylic acids is 2. The van der Waals surface area contributed by atoms with Crippen molar-refractivity contribution in [2.75, 3.05) is 23.4 Å². The van der Waals surface area contributed by atoms with E-state index >= 15 is 0 Å². The fourth-order valence-corrected chi connectivity index (χ4v) is 4.84. The minimum atomic E-state index is -0.269. The van der Waals surface area contributed by atoms with Crippen molar-refractivity contribution in [2.24, 2.45) is 0 Å². The number of amides is 2. The molecule has 1 saturated heterocycles. The number of hydrogen-bond donors (Lipinski definition) is 1. The van der Waals surface area contributed by atoms with Crippen molar-refractivity contribution in [1.82, 2.24) is 0 Å². The second kappa shape index (κ2) is 11.5. The van der Waals surface area contributed by atoms with Gasteiger partial charge in [-0.15, -0.1) is 0 Å². The summed E-state index contributed by atoms with van der Waals surface area (Å²) in [4.78, 5) is 27.3. The zero-order valence-electron chi connectivity index (χ0n) is 18.7. The molecule has 178 valence electrons. The Hall–Kier alpha value is -3.14. The van der Waals surface area contributed by atoms with Gasteiger partial charge in [0.1, 0.15) is 11.5 Å². The van der Waals surface area contributed by atoms with E-state index in [-0.39, 0.29) is 18.4 Å². The van der Waals surface area contributed by atoms with Crippen LogP contribution in [0.25, 0.3) is 6.08 Å². The zero-order valence-corrected chi connectivity index (χ0v) is 21.9. The Morgan fingerprint density at radius 3 is 2.51 bits per heavy atom. The summed E-state index contributed by atoms with van der Waals surface area (Å²) >= 11 is 10.1. The van der Waals surface area contributed by atoms with Crippen LogP contribution in [0.4, 0.5) is 11.4 Å². The van der Waals surface area contributed by atoms with Crippen molar-refractivity contribution in [2.45, 2.75) is 6.92 Å². The fraction of sp³-hybridized carbons (Fsp3) is 0.115. The third-order valence-corrected chi connectivity index (χ3v) is 6.68. The number of thiocarbonyl (C=S) groups is 1. The first-order valence-corrected chi connectivity index (χ1v) is 12.7. The van der Waals surface area contributed by atoms with Crippen molar-refractivity contribution in [3.05, 3.63) is 87.7 Å². The van der Waals surface area contributed by atoms with Crippen LogP contribution in [-0.2, 0) is 9.59 Å². The van der Waals surface area contributed by atoms with Gasteiger partial charge in [-0.1, -0.05) is 52.0 Å². The van der Waals surface area contributed by atoms with E-state index in [1.165, 1.54) is 16.7 Å². The highest BCUT2D eigenvalue weighted by Gasteiger charge is 2.33. The van der Waals surface area contributed by atoms with E-state index < -0.39 is 0 Å². The maximum Gasteiger partial charge on any atom is 0.270 e. The maximum atomic E-state index is 13.1. The molecule has 3 aromatic carbocycles. The van der Waals surface area contributed by atoms with Gasteiger partial charge in [-0.25, -0.2) is 0 Å². The molecule has 0 unspecified atom stereocenters. The number of ether oxygens (including phenoxy) is 2. The van der Waals surface area contributed by atoms with Crippen LogP contribution in [-0.4, -0.2) is 29.3 Å². The Kier molecular flexibility index (Phi) is 8.22. The molecule has 1 aliphatic heterocycles. The Balaban J connectivity index is 1.40. The molecule has 0 aromatic heterocycles. The van der Waals surface area contributed by atoms with Crippen molar-refractivity contribution < 1.29 is 19.1 Å². The summed E-state index contributed by atoms with van der Waals surface area (Å²) in [6, 6.07) is 21.7. The molecular weight excluding hydrogens is 548 g/mol. The smallest absolute Gasteiger partial charge is 0.270 e. The number of nitrogens with one attached hydrogen (secondary N) is 1. The molecule has 1 aliphatic rings. The van der Waals surface area contributed by atoms with Gasteiger partial charge in [0, 0.05) is 10.2 Å². The predicted molar refractivity (Wildman–Crippen MR) is 148 cm³/mol. The van der Waals surface area contributed by atoms with Crippen molar-refractivity contribution in [1.29, 1.82) is 0 Å². The molecule has 0 spiro atoms. The van der Waals surface area contributed by atoms with E-state index in [0.29, 0.717) is 33.0 Å². The minimum Gasteiger partial charge on any atom is -0.494 e. The van der Waals surface area contributed by atoms with Crippen molar-refractivity contribution in [3.63, 3.8) is 0 Å². The molecule has 9 heteroatoms. The van der Waals surface area contributed by atoms with Crippen LogP contribution in [0.2, 0.25) is 0 Å². The van der Waals surface area contributed by atoms with Crippen LogP contribution in [0.1, 0.15) is 12.5 Å². The Morgan fingerprint density at radius 1 is 1.06 bits per heavy atom. The number of hydrogen-bond acceptors (Lipinski definition) is 6. The van der Waals surface area contributed by atoms with Crippen LogP contribution in [0.5, 0.6) is 11.5 Å². The van der Waals surface area contributed by atoms with Crippen molar-refractivity contribution in [3.8, 4) is 11.5 Å². The summed E-state index contributed by atoms with van der Waals surface area (Å²) in [6.45, 7) is 2.35. The number of rotatable bonds is 8. The summed E-state index contributed by atoms with van der Waals surface area (Å²) in [5, 5.41) is 2.78. The molecule has 3 aromatic rings. The van der Waals surface area contributed by atoms with E-state index in [1.807, 2.05) is 49.4 Å². The number of thioether (sulfide) groups is 1. The highest BCUT2D eigenvalue weighted by molar-refractivity contribution is 9.10. The van der Waals surface area contributed by atoms with E-state index in [4.69, 9.17) is 21.7 Å². The van der Waals surface area contributed by atoms with E-state index in [9.17, 15) is 9.59 Å². The number of carbonyl (C=O) groups is 2. The average Bonchev–Trinajstić information content (AvgIpc) is 3.13. The summed E-state index contributed by atoms with van der Waals surface area (Å²) in [5.74, 6) is 0.796. The lowest BCUT2D eigenvalue weighted by Gasteiger charge is -2.15. The number of anilines is 2. The molecule has 0 bridgehead atoms. The topological polar surface area (TPSA) is 67.9 Å². The van der Waals surface area contributed by atoms with Crippen LogP contribution < -0.4 is 19.7 Å². The second-order valence-corrected chi connectivity index (χ2v) is 9.95. The lowest BCUT2D eigenvalue weighted by Crippen LogP contribution is -2.27. The summed E-state index contributed by atoms with van der Waals surface area (Å²) < 4.78 is 12.5. The molecule has 0 radical (unpaired) electrons. The minimum absolute atomic E-state index is 0.140. The van der Waals surface area contributed by atoms with Crippen LogP contribution in [0.15, 0.2) is 82.2 Å². The first-order chi connectivity index (χ1) is 16.9. The number of benzene rings is 3. The van der Waals surface area contributed by atoms with Crippen LogP contribution >= 0.6 is 39.9 Å². The Bertz CT molecular complexity index is 1280. The van der Waals surface area contributed by atoms with Gasteiger partial charge < -0.3 is 14.8 Å². The van der Waals surface area contributed by atoms with E-state index in [2.05, 4.69) is 21.2 Å². The summed E-state index contributed by atoms with van der Waals surface area (Å²) in [7, 11) is 0. The standard InChI is InChI=1S/C26H21BrN2O4S2/c1-2-32-21-12-10-20(11-13-21)29-25(31)23(35-26(29)34)15-17-4-3-5-22(14-17)33-16-24(30)28-19-8-6-18(27)7-9-19/h3-15H,2,16H2,1H3,(H,28,30)/b23-15-. The number of halogens is 1. The second-order valence-electron chi connectivity index (χ2n) is 7.36. The van der Waals surface area contributed by atoms with Gasteiger partial charge in [0.15, 0.2) is 10.9 Å². The van der Waals surface area contributed by atoms with Gasteiger partial charge in [0.2, 0.25) is 0 Å². The predicted octanol–water partition coefficient (Wildman–Crippen LogP) is 6.27. The first kappa shape index (κ1) is 25.0. The molecule has 1 fully saturated rings. The Labute approximate surface area is 221 Å². The van der Waals surface area contributed by atoms with E-state index in [0.717, 1.165) is 15.8 Å². The molecule has 6 nitrogen and oxygen atoms in total. The van der Waals surface area contributed by atoms with Crippen LogP contribution in [0, 0.1) is 0 Å². The van der Waals surface area contributed by atoms with Gasteiger partial charge >= 0.3 is 0 Å². The van der Waals surface area contributed by atoms with Gasteiger partial charge in [0.25, 0.3) is 11.8 Å². The Morgan fingerprint density at radius 2 is 1.80 bits per heavy atom. The molecule has 35 heavy (non-hydrogen) atoms. The van der Waals surface area contributed by atoms with Gasteiger partial charge in [-0.2, -0.15) is 0 Å². The third kappa shape index (κ3) is 6.50. The first-order valence-electron chi connectivity index (χ1n) is 10.7. The van der Waals surface area contributed by atoms with E-state index in [1.54, 1.807) is 36.4 Å². The average molecular weight is 570 g/mol. The molecule has 0 aliphatic carbocycles. The number of nitrogens with zero attached hydrogens (tertiary/aromatic N) is 1. The molecule has 1 N–H and O–H groups in total. The molecule has 4 rings (SSSR count). The summed E-state index contributed by atoms with van der Waals surface area (Å²) in [5.41, 5.74) is 2.14. The maximum absolute atomic E-state index is 13.1. The quantitative estimate of drug-likeness (QED) is 0.255. The lowest BCUT2D eigenvalue weighted by atomic mass is 10.2. The van der Waals surface area contributed by atoms with Gasteiger partial charge in [-0.05, 0) is 79.2 Å². The molecule has 2 amide bonds. The van der Waals surface area contributed by atoms with Crippen molar-refractivity contribution >= 4 is 73.5 Å². The monoisotopic (exact) mass is 568 g/mol. The zero-order chi connectivity index (χ0) is 24.8. The molecule has 0 saturated carbocycles. The highest BCUT2D eigenvalue weighted by atomic mass is 79.9. The molecular formula is C26H21BrN2O4S2. The SMILES string of the molecule is CCOc1ccc(N2C(=O)/C(=C/c3cccc(OCC(=O)Nc4ccc(Br)cc4)c3)SC2=S)cc1. The fourth-order valence-electron chi connectivity index (χ4n) is 3.27. The summed E-state index contributed by atoms with van der Waals surface area (Å²) in [6.07, 6.45) is 1.77. The molecule has 0 atom stereocenters.